The normalized spacial score (nSPS) is 15.7. The highest BCUT2D eigenvalue weighted by Gasteiger charge is 2.14. The zero-order valence-electron chi connectivity index (χ0n) is 12.5. The average molecular weight is 322 g/mol. The summed E-state index contributed by atoms with van der Waals surface area (Å²) in [5, 5.41) is 25.7. The molecule has 1 heterocycles. The zero-order chi connectivity index (χ0) is 16.7. The van der Waals surface area contributed by atoms with Crippen LogP contribution in [0.3, 0.4) is 0 Å². The molecule has 1 aromatic rings. The highest BCUT2D eigenvalue weighted by atomic mass is 16.6. The van der Waals surface area contributed by atoms with Gasteiger partial charge in [-0.2, -0.15) is 5.10 Å². The van der Waals surface area contributed by atoms with E-state index in [1.165, 1.54) is 17.2 Å². The van der Waals surface area contributed by atoms with Crippen LogP contribution in [0.2, 0.25) is 0 Å². The van der Waals surface area contributed by atoms with E-state index in [0.29, 0.717) is 31.7 Å². The quantitative estimate of drug-likeness (QED) is 0.372. The number of amides is 1. The Morgan fingerprint density at radius 2 is 2.17 bits per heavy atom. The van der Waals surface area contributed by atoms with Gasteiger partial charge < -0.3 is 14.7 Å². The highest BCUT2D eigenvalue weighted by Crippen LogP contribution is 2.22. The smallest absolute Gasteiger partial charge is 0.262 e. The number of nitrogens with zero attached hydrogens (tertiary/aromatic N) is 2. The standard InChI is InChI=1S/C14H18N4O5/c19-13-2-1-11(9-12(13)18(21)22)10-15-16-14(20)3-4-17-5-7-23-8-6-17/h1-2,9-10,19H,3-8H2,(H,16,20)/b15-10-. The van der Waals surface area contributed by atoms with E-state index in [4.69, 9.17) is 4.74 Å². The molecule has 0 atom stereocenters. The molecule has 9 nitrogen and oxygen atoms in total. The van der Waals surface area contributed by atoms with Crippen molar-refractivity contribution in [3.63, 3.8) is 0 Å². The van der Waals surface area contributed by atoms with Gasteiger partial charge in [-0.25, -0.2) is 5.43 Å². The van der Waals surface area contributed by atoms with Crippen LogP contribution >= 0.6 is 0 Å². The number of carbonyl (C=O) groups is 1. The molecular weight excluding hydrogens is 304 g/mol. The van der Waals surface area contributed by atoms with Crippen LogP contribution in [-0.4, -0.2) is 49.9 Å². The Balaban J connectivity index is 1.80. The molecule has 1 aliphatic heterocycles. The van der Waals surface area contributed by atoms with Gasteiger partial charge in [0.1, 0.15) is 13.1 Å². The van der Waals surface area contributed by atoms with Gasteiger partial charge in [0.25, 0.3) is 5.69 Å². The number of hydrogen-bond acceptors (Lipinski definition) is 6. The lowest BCUT2D eigenvalue weighted by Crippen LogP contribution is -3.14. The number of morpholine rings is 1. The maximum atomic E-state index is 11.7. The van der Waals surface area contributed by atoms with Gasteiger partial charge in [-0.3, -0.25) is 14.9 Å². The Morgan fingerprint density at radius 1 is 1.43 bits per heavy atom. The molecule has 0 unspecified atom stereocenters. The molecule has 1 amide bonds. The number of quaternary nitrogens is 1. The van der Waals surface area contributed by atoms with Gasteiger partial charge in [-0.05, 0) is 5.75 Å². The van der Waals surface area contributed by atoms with Gasteiger partial charge in [0.15, 0.2) is 0 Å². The molecule has 23 heavy (non-hydrogen) atoms. The highest BCUT2D eigenvalue weighted by molar-refractivity contribution is 5.83. The lowest BCUT2D eigenvalue weighted by molar-refractivity contribution is -0.907. The van der Waals surface area contributed by atoms with E-state index < -0.39 is 16.4 Å². The van der Waals surface area contributed by atoms with Crippen molar-refractivity contribution >= 4 is 17.8 Å². The molecule has 0 bridgehead atoms. The van der Waals surface area contributed by atoms with Crippen molar-refractivity contribution in [3.05, 3.63) is 33.9 Å². The third kappa shape index (κ3) is 5.31. The largest absolute Gasteiger partial charge is 0.868 e. The van der Waals surface area contributed by atoms with E-state index in [1.54, 1.807) is 0 Å². The molecule has 0 aromatic heterocycles. The number of benzene rings is 1. The van der Waals surface area contributed by atoms with E-state index in [0.717, 1.165) is 25.2 Å². The summed E-state index contributed by atoms with van der Waals surface area (Å²) >= 11 is 0. The van der Waals surface area contributed by atoms with Crippen LogP contribution in [0.5, 0.6) is 5.75 Å². The van der Waals surface area contributed by atoms with Gasteiger partial charge in [0.2, 0.25) is 5.91 Å². The van der Waals surface area contributed by atoms with Crippen molar-refractivity contribution in [1.29, 1.82) is 0 Å². The summed E-state index contributed by atoms with van der Waals surface area (Å²) in [4.78, 5) is 22.9. The fourth-order valence-corrected chi connectivity index (χ4v) is 2.19. The number of hydrogen-bond donors (Lipinski definition) is 2. The molecule has 2 rings (SSSR count). The fraction of sp³-hybridized carbons (Fsp3) is 0.429. The molecule has 124 valence electrons. The Bertz CT molecular complexity index is 599. The molecule has 1 aromatic carbocycles. The topological polar surface area (TPSA) is 121 Å². The molecule has 0 radical (unpaired) electrons. The third-order valence-electron chi connectivity index (χ3n) is 3.49. The van der Waals surface area contributed by atoms with Crippen LogP contribution in [0.1, 0.15) is 12.0 Å². The second kappa shape index (κ2) is 8.20. The molecule has 9 heteroatoms. The van der Waals surface area contributed by atoms with Gasteiger partial charge in [0, 0.05) is 11.6 Å². The number of carbonyl (C=O) groups excluding carboxylic acids is 1. The van der Waals surface area contributed by atoms with Crippen LogP contribution in [0, 0.1) is 10.1 Å². The van der Waals surface area contributed by atoms with Crippen LogP contribution in [0.15, 0.2) is 23.3 Å². The molecule has 1 aliphatic rings. The molecule has 0 spiro atoms. The summed E-state index contributed by atoms with van der Waals surface area (Å²) in [6.07, 6.45) is 1.61. The van der Waals surface area contributed by atoms with Crippen molar-refractivity contribution in [3.8, 4) is 5.75 Å². The van der Waals surface area contributed by atoms with Gasteiger partial charge >= 0.3 is 0 Å². The number of nitro groups is 1. The van der Waals surface area contributed by atoms with E-state index in [9.17, 15) is 20.0 Å². The summed E-state index contributed by atoms with van der Waals surface area (Å²) in [6, 6.07) is 3.63. The molecule has 1 saturated heterocycles. The van der Waals surface area contributed by atoms with Gasteiger partial charge in [-0.15, -0.1) is 0 Å². The van der Waals surface area contributed by atoms with Crippen molar-refractivity contribution in [2.45, 2.75) is 6.42 Å². The predicted octanol–water partition coefficient (Wildman–Crippen LogP) is -1.58. The van der Waals surface area contributed by atoms with Crippen molar-refractivity contribution < 1.29 is 24.5 Å². The maximum Gasteiger partial charge on any atom is 0.262 e. The number of hydrazone groups is 1. The first-order valence-corrected chi connectivity index (χ1v) is 7.25. The Hall–Kier alpha value is -2.52. The summed E-state index contributed by atoms with van der Waals surface area (Å²) < 4.78 is 5.24. The van der Waals surface area contributed by atoms with Crippen molar-refractivity contribution in [2.24, 2.45) is 5.10 Å². The minimum absolute atomic E-state index is 0.227. The first-order valence-electron chi connectivity index (χ1n) is 7.25. The van der Waals surface area contributed by atoms with Crippen LogP contribution in [0.4, 0.5) is 5.69 Å². The SMILES string of the molecule is O=C(CC[NH+]1CCOCC1)N/N=C\c1ccc([O-])c([N+](=O)[O-])c1. The molecule has 0 aliphatic carbocycles. The maximum absolute atomic E-state index is 11.7. The molecule has 2 N–H and O–H groups in total. The van der Waals surface area contributed by atoms with Gasteiger partial charge in [0.05, 0.1) is 37.3 Å². The average Bonchev–Trinajstić information content (AvgIpc) is 2.55. The first kappa shape index (κ1) is 16.8. The first-order chi connectivity index (χ1) is 11.1. The lowest BCUT2D eigenvalue weighted by Gasteiger charge is -2.23. The van der Waals surface area contributed by atoms with E-state index in [-0.39, 0.29) is 5.91 Å². The lowest BCUT2D eigenvalue weighted by atomic mass is 10.2. The number of nitro benzene ring substituents is 1. The Labute approximate surface area is 132 Å². The van der Waals surface area contributed by atoms with Gasteiger partial charge in [-0.1, -0.05) is 12.1 Å². The van der Waals surface area contributed by atoms with Crippen LogP contribution < -0.4 is 15.4 Å². The second-order valence-electron chi connectivity index (χ2n) is 5.14. The van der Waals surface area contributed by atoms with Crippen LogP contribution in [-0.2, 0) is 9.53 Å². The Kier molecular flexibility index (Phi) is 6.01. The minimum atomic E-state index is -0.747. The predicted molar refractivity (Wildman–Crippen MR) is 79.3 cm³/mol. The van der Waals surface area contributed by atoms with E-state index in [1.807, 2.05) is 0 Å². The summed E-state index contributed by atoms with van der Waals surface area (Å²) in [7, 11) is 0. The van der Waals surface area contributed by atoms with Crippen molar-refractivity contribution in [2.75, 3.05) is 32.8 Å². The zero-order valence-corrected chi connectivity index (χ0v) is 12.5. The van der Waals surface area contributed by atoms with Crippen LogP contribution in [0.25, 0.3) is 0 Å². The number of nitrogens with one attached hydrogen (secondary N) is 2. The monoisotopic (exact) mass is 322 g/mol. The Morgan fingerprint density at radius 3 is 2.87 bits per heavy atom. The number of rotatable bonds is 6. The second-order valence-corrected chi connectivity index (χ2v) is 5.14. The summed E-state index contributed by atoms with van der Waals surface area (Å²) in [5.41, 5.74) is 2.23. The molecule has 1 fully saturated rings. The van der Waals surface area contributed by atoms with Crippen molar-refractivity contribution in [1.82, 2.24) is 5.43 Å². The van der Waals surface area contributed by atoms with E-state index >= 15 is 0 Å². The summed E-state index contributed by atoms with van der Waals surface area (Å²) in [5.74, 6) is -0.889. The number of ether oxygens (including phenoxy) is 1. The summed E-state index contributed by atoms with van der Waals surface area (Å²) in [6.45, 7) is 3.91. The van der Waals surface area contributed by atoms with E-state index in [2.05, 4.69) is 10.5 Å². The third-order valence-corrected chi connectivity index (χ3v) is 3.49. The molecule has 0 saturated carbocycles. The fourth-order valence-electron chi connectivity index (χ4n) is 2.19. The molecular formula is C14H18N4O5. The minimum Gasteiger partial charge on any atom is -0.868 e.